The number of rotatable bonds is 5. The van der Waals surface area contributed by atoms with Gasteiger partial charge in [-0.1, -0.05) is 17.7 Å². The number of hydrogen-bond donors (Lipinski definition) is 1. The number of benzene rings is 1. The van der Waals surface area contributed by atoms with Crippen LogP contribution in [0.2, 0.25) is 5.02 Å². The van der Waals surface area contributed by atoms with Gasteiger partial charge in [0.2, 0.25) is 0 Å². The van der Waals surface area contributed by atoms with Crippen molar-refractivity contribution in [3.8, 4) is 5.75 Å². The first-order valence-electron chi connectivity index (χ1n) is 4.38. The zero-order chi connectivity index (χ0) is 10.4. The van der Waals surface area contributed by atoms with Crippen molar-refractivity contribution in [1.82, 2.24) is 0 Å². The summed E-state index contributed by atoms with van der Waals surface area (Å²) in [6.45, 7) is 0.717. The largest absolute Gasteiger partial charge is 0.495 e. The summed E-state index contributed by atoms with van der Waals surface area (Å²) >= 11 is 7.79. The second kappa shape index (κ2) is 6.17. The minimum atomic E-state index is 0.665. The van der Waals surface area contributed by atoms with Crippen molar-refractivity contribution in [3.05, 3.63) is 28.8 Å². The van der Waals surface area contributed by atoms with Crippen LogP contribution in [0.4, 0.5) is 0 Å². The Bertz CT molecular complexity index is 293. The van der Waals surface area contributed by atoms with Crippen LogP contribution in [0.15, 0.2) is 18.2 Å². The molecule has 78 valence electrons. The third-order valence-electron chi connectivity index (χ3n) is 1.75. The molecule has 0 amide bonds. The maximum Gasteiger partial charge on any atom is 0.137 e. The summed E-state index contributed by atoms with van der Waals surface area (Å²) in [4.78, 5) is 0. The minimum Gasteiger partial charge on any atom is -0.495 e. The number of ether oxygens (including phenoxy) is 1. The van der Waals surface area contributed by atoms with Crippen LogP contribution in [0.5, 0.6) is 5.75 Å². The Morgan fingerprint density at radius 1 is 1.50 bits per heavy atom. The van der Waals surface area contributed by atoms with Crippen LogP contribution in [0.25, 0.3) is 0 Å². The molecule has 0 saturated heterocycles. The molecule has 0 radical (unpaired) electrons. The highest BCUT2D eigenvalue weighted by molar-refractivity contribution is 7.98. The molecule has 0 unspecified atom stereocenters. The van der Waals surface area contributed by atoms with E-state index in [0.717, 1.165) is 17.3 Å². The van der Waals surface area contributed by atoms with Crippen molar-refractivity contribution < 1.29 is 4.74 Å². The van der Waals surface area contributed by atoms with Crippen LogP contribution in [-0.2, 0) is 5.75 Å². The van der Waals surface area contributed by atoms with Crippen LogP contribution in [0, 0.1) is 0 Å². The molecule has 4 heteroatoms. The molecule has 1 rings (SSSR count). The summed E-state index contributed by atoms with van der Waals surface area (Å²) in [5, 5.41) is 0.665. The number of methoxy groups -OCH3 is 1. The van der Waals surface area contributed by atoms with Gasteiger partial charge in [0.25, 0.3) is 0 Å². The molecular formula is C10H14ClNOS. The van der Waals surface area contributed by atoms with E-state index in [9.17, 15) is 0 Å². The molecule has 2 N–H and O–H groups in total. The fourth-order valence-electron chi connectivity index (χ4n) is 1.07. The van der Waals surface area contributed by atoms with Crippen LogP contribution in [0.3, 0.4) is 0 Å². The van der Waals surface area contributed by atoms with E-state index in [4.69, 9.17) is 22.1 Å². The Morgan fingerprint density at radius 2 is 2.29 bits per heavy atom. The van der Waals surface area contributed by atoms with Gasteiger partial charge >= 0.3 is 0 Å². The zero-order valence-electron chi connectivity index (χ0n) is 8.13. The standard InChI is InChI=1S/C10H14ClNOS/c1-13-10-3-2-8(6-9(10)11)7-14-5-4-12/h2-3,6H,4-5,7,12H2,1H3. The van der Waals surface area contributed by atoms with Gasteiger partial charge in [-0.25, -0.2) is 0 Å². The molecule has 0 aliphatic carbocycles. The lowest BCUT2D eigenvalue weighted by atomic mass is 10.2. The molecule has 1 aromatic carbocycles. The fourth-order valence-corrected chi connectivity index (χ4v) is 2.08. The maximum atomic E-state index is 5.98. The summed E-state index contributed by atoms with van der Waals surface area (Å²) < 4.78 is 5.07. The predicted molar refractivity (Wildman–Crippen MR) is 63.2 cm³/mol. The Morgan fingerprint density at radius 3 is 2.86 bits per heavy atom. The van der Waals surface area contributed by atoms with Gasteiger partial charge < -0.3 is 10.5 Å². The minimum absolute atomic E-state index is 0.665. The lowest BCUT2D eigenvalue weighted by Gasteiger charge is -2.05. The van der Waals surface area contributed by atoms with E-state index in [0.29, 0.717) is 11.6 Å². The van der Waals surface area contributed by atoms with Crippen molar-refractivity contribution in [2.45, 2.75) is 5.75 Å². The Labute approximate surface area is 93.8 Å². The molecule has 0 fully saturated rings. The van der Waals surface area contributed by atoms with E-state index in [1.165, 1.54) is 5.56 Å². The van der Waals surface area contributed by atoms with Gasteiger partial charge in [0.05, 0.1) is 12.1 Å². The summed E-state index contributed by atoms with van der Waals surface area (Å²) in [6, 6.07) is 5.85. The SMILES string of the molecule is COc1ccc(CSCCN)cc1Cl. The predicted octanol–water partition coefficient (Wildman–Crippen LogP) is 2.54. The van der Waals surface area contributed by atoms with Crippen molar-refractivity contribution >= 4 is 23.4 Å². The average Bonchev–Trinajstić information content (AvgIpc) is 2.18. The molecule has 0 aliphatic rings. The number of nitrogens with two attached hydrogens (primary N) is 1. The maximum absolute atomic E-state index is 5.98. The van der Waals surface area contributed by atoms with Gasteiger partial charge in [-0.15, -0.1) is 0 Å². The summed E-state index contributed by atoms with van der Waals surface area (Å²) in [6.07, 6.45) is 0. The molecule has 0 heterocycles. The quantitative estimate of drug-likeness (QED) is 0.792. The van der Waals surface area contributed by atoms with Crippen molar-refractivity contribution in [3.63, 3.8) is 0 Å². The van der Waals surface area contributed by atoms with Crippen molar-refractivity contribution in [1.29, 1.82) is 0 Å². The first-order chi connectivity index (χ1) is 6.77. The lowest BCUT2D eigenvalue weighted by molar-refractivity contribution is 0.415. The van der Waals surface area contributed by atoms with Crippen molar-refractivity contribution in [2.75, 3.05) is 19.4 Å². The molecule has 2 nitrogen and oxygen atoms in total. The highest BCUT2D eigenvalue weighted by Gasteiger charge is 2.01. The van der Waals surface area contributed by atoms with E-state index in [-0.39, 0.29) is 0 Å². The number of thioether (sulfide) groups is 1. The molecule has 1 aromatic rings. The second-order valence-electron chi connectivity index (χ2n) is 2.81. The zero-order valence-corrected chi connectivity index (χ0v) is 9.70. The monoisotopic (exact) mass is 231 g/mol. The Balaban J connectivity index is 2.57. The number of hydrogen-bond acceptors (Lipinski definition) is 3. The topological polar surface area (TPSA) is 35.2 Å². The first kappa shape index (κ1) is 11.7. The van der Waals surface area contributed by atoms with Gasteiger partial charge in [-0.2, -0.15) is 11.8 Å². The van der Waals surface area contributed by atoms with E-state index in [2.05, 4.69) is 0 Å². The van der Waals surface area contributed by atoms with Gasteiger partial charge in [0.1, 0.15) is 5.75 Å². The van der Waals surface area contributed by atoms with Gasteiger partial charge in [0, 0.05) is 18.1 Å². The van der Waals surface area contributed by atoms with Crippen LogP contribution < -0.4 is 10.5 Å². The van der Waals surface area contributed by atoms with E-state index < -0.39 is 0 Å². The molecule has 0 bridgehead atoms. The summed E-state index contributed by atoms with van der Waals surface area (Å²) in [5.74, 6) is 2.64. The molecule has 0 spiro atoms. The molecule has 0 saturated carbocycles. The average molecular weight is 232 g/mol. The van der Waals surface area contributed by atoms with E-state index in [1.54, 1.807) is 18.9 Å². The molecule has 0 atom stereocenters. The third-order valence-corrected chi connectivity index (χ3v) is 3.10. The van der Waals surface area contributed by atoms with E-state index in [1.807, 2.05) is 18.2 Å². The van der Waals surface area contributed by atoms with Gasteiger partial charge in [-0.05, 0) is 17.7 Å². The molecule has 0 aliphatic heterocycles. The fraction of sp³-hybridized carbons (Fsp3) is 0.400. The summed E-state index contributed by atoms with van der Waals surface area (Å²) in [5.41, 5.74) is 6.60. The van der Waals surface area contributed by atoms with Crippen LogP contribution >= 0.6 is 23.4 Å². The van der Waals surface area contributed by atoms with Gasteiger partial charge in [0.15, 0.2) is 0 Å². The van der Waals surface area contributed by atoms with E-state index >= 15 is 0 Å². The van der Waals surface area contributed by atoms with Gasteiger partial charge in [-0.3, -0.25) is 0 Å². The third kappa shape index (κ3) is 3.40. The lowest BCUT2D eigenvalue weighted by Crippen LogP contribution is -2.01. The molecule has 14 heavy (non-hydrogen) atoms. The smallest absolute Gasteiger partial charge is 0.137 e. The molecule has 0 aromatic heterocycles. The molecular weight excluding hydrogens is 218 g/mol. The van der Waals surface area contributed by atoms with Crippen molar-refractivity contribution in [2.24, 2.45) is 5.73 Å². The Hall–Kier alpha value is -0.380. The van der Waals surface area contributed by atoms with Crippen LogP contribution in [-0.4, -0.2) is 19.4 Å². The highest BCUT2D eigenvalue weighted by atomic mass is 35.5. The second-order valence-corrected chi connectivity index (χ2v) is 4.32. The highest BCUT2D eigenvalue weighted by Crippen LogP contribution is 2.26. The number of halogens is 1. The first-order valence-corrected chi connectivity index (χ1v) is 5.91. The Kier molecular flexibility index (Phi) is 5.15. The normalized spacial score (nSPS) is 10.2. The van der Waals surface area contributed by atoms with Crippen LogP contribution in [0.1, 0.15) is 5.56 Å². The summed E-state index contributed by atoms with van der Waals surface area (Å²) in [7, 11) is 1.62.